The zero-order valence-electron chi connectivity index (χ0n) is 17.5. The molecule has 0 saturated heterocycles. The van der Waals surface area contributed by atoms with Crippen molar-refractivity contribution in [3.8, 4) is 0 Å². The lowest BCUT2D eigenvalue weighted by Gasteiger charge is -2.12. The number of nitrogens with one attached hydrogen (secondary N) is 3. The molecule has 2 rings (SSSR count). The predicted octanol–water partition coefficient (Wildman–Crippen LogP) is 1.62. The predicted molar refractivity (Wildman–Crippen MR) is 132 cm³/mol. The number of methoxy groups -OCH3 is 1. The van der Waals surface area contributed by atoms with Gasteiger partial charge >= 0.3 is 0 Å². The molecule has 0 spiro atoms. The second-order valence-corrected chi connectivity index (χ2v) is 8.94. The molecule has 0 aliphatic rings. The van der Waals surface area contributed by atoms with E-state index >= 15 is 0 Å². The van der Waals surface area contributed by atoms with Crippen LogP contribution >= 0.6 is 35.3 Å². The Labute approximate surface area is 199 Å². The number of sulfonamides is 1. The molecule has 0 aliphatic heterocycles. The molecule has 0 aliphatic carbocycles. The zero-order valence-corrected chi connectivity index (χ0v) is 21.5. The summed E-state index contributed by atoms with van der Waals surface area (Å²) in [5.74, 6) is 0.607. The minimum Gasteiger partial charge on any atom is -0.383 e. The van der Waals surface area contributed by atoms with E-state index in [1.807, 2.05) is 30.4 Å². The number of ether oxygens (including phenoxy) is 1. The molecular formula is C18H29IN6O3S2. The Kier molecular flexibility index (Phi) is 11.5. The fourth-order valence-corrected chi connectivity index (χ4v) is 4.19. The molecule has 1 aromatic heterocycles. The molecule has 168 valence electrons. The molecule has 0 radical (unpaired) electrons. The van der Waals surface area contributed by atoms with Crippen LogP contribution in [-0.2, 0) is 27.8 Å². The fourth-order valence-electron chi connectivity index (χ4n) is 2.35. The molecule has 1 heterocycles. The fraction of sp³-hybridized carbons (Fsp3) is 0.444. The Bertz CT molecular complexity index is 918. The van der Waals surface area contributed by atoms with E-state index in [1.54, 1.807) is 36.6 Å². The highest BCUT2D eigenvalue weighted by molar-refractivity contribution is 14.0. The molecule has 1 aromatic carbocycles. The Hall–Kier alpha value is -1.48. The number of anilines is 1. The third kappa shape index (κ3) is 8.34. The van der Waals surface area contributed by atoms with Gasteiger partial charge in [-0.15, -0.1) is 35.3 Å². The maximum absolute atomic E-state index is 12.3. The minimum atomic E-state index is -3.56. The average molecular weight is 569 g/mol. The van der Waals surface area contributed by atoms with Crippen LogP contribution in [0, 0.1) is 0 Å². The van der Waals surface area contributed by atoms with E-state index in [1.165, 1.54) is 7.11 Å². The number of aromatic nitrogens is 1. The van der Waals surface area contributed by atoms with E-state index in [0.717, 1.165) is 16.4 Å². The van der Waals surface area contributed by atoms with Crippen LogP contribution in [0.2, 0.25) is 0 Å². The first-order chi connectivity index (χ1) is 13.9. The molecule has 0 atom stereocenters. The van der Waals surface area contributed by atoms with Gasteiger partial charge in [0.15, 0.2) is 11.1 Å². The second-order valence-electron chi connectivity index (χ2n) is 6.33. The molecule has 3 N–H and O–H groups in total. The van der Waals surface area contributed by atoms with E-state index in [9.17, 15) is 8.42 Å². The van der Waals surface area contributed by atoms with Gasteiger partial charge in [0.1, 0.15) is 0 Å². The molecule has 0 amide bonds. The number of guanidine groups is 1. The molecule has 0 unspecified atom stereocenters. The summed E-state index contributed by atoms with van der Waals surface area (Å²) in [5.41, 5.74) is 1.75. The Balaban J connectivity index is 0.00000450. The van der Waals surface area contributed by atoms with Gasteiger partial charge < -0.3 is 20.3 Å². The molecular weight excluding hydrogens is 539 g/mol. The number of hydrogen-bond acceptors (Lipinski definition) is 7. The number of thiazole rings is 1. The molecule has 9 nitrogen and oxygen atoms in total. The topological polar surface area (TPSA) is 108 Å². The summed E-state index contributed by atoms with van der Waals surface area (Å²) in [4.78, 5) is 10.9. The van der Waals surface area contributed by atoms with Gasteiger partial charge in [0.25, 0.3) is 0 Å². The van der Waals surface area contributed by atoms with Crippen molar-refractivity contribution in [3.05, 3.63) is 40.9 Å². The summed E-state index contributed by atoms with van der Waals surface area (Å²) in [5, 5.41) is 9.34. The van der Waals surface area contributed by atoms with Crippen molar-refractivity contribution in [2.75, 3.05) is 46.3 Å². The van der Waals surface area contributed by atoms with Gasteiger partial charge in [-0.05, 0) is 17.7 Å². The van der Waals surface area contributed by atoms with Gasteiger partial charge in [-0.25, -0.2) is 18.1 Å². The van der Waals surface area contributed by atoms with Crippen LogP contribution in [-0.4, -0.2) is 60.8 Å². The molecule has 0 fully saturated rings. The van der Waals surface area contributed by atoms with Gasteiger partial charge in [0.2, 0.25) is 10.0 Å². The van der Waals surface area contributed by atoms with E-state index in [2.05, 4.69) is 25.3 Å². The van der Waals surface area contributed by atoms with Crippen LogP contribution in [0.25, 0.3) is 0 Å². The number of benzene rings is 1. The normalized spacial score (nSPS) is 11.7. The van der Waals surface area contributed by atoms with Crippen LogP contribution in [0.5, 0.6) is 0 Å². The Morgan fingerprint density at radius 1 is 1.27 bits per heavy atom. The van der Waals surface area contributed by atoms with Crippen molar-refractivity contribution in [2.24, 2.45) is 4.99 Å². The minimum absolute atomic E-state index is 0. The van der Waals surface area contributed by atoms with E-state index in [4.69, 9.17) is 4.74 Å². The number of halogens is 1. The van der Waals surface area contributed by atoms with Gasteiger partial charge in [-0.1, -0.05) is 12.1 Å². The highest BCUT2D eigenvalue weighted by Crippen LogP contribution is 2.17. The average Bonchev–Trinajstić information content (AvgIpc) is 3.18. The largest absolute Gasteiger partial charge is 0.383 e. The van der Waals surface area contributed by atoms with Crippen molar-refractivity contribution in [1.82, 2.24) is 20.3 Å². The lowest BCUT2D eigenvalue weighted by Crippen LogP contribution is -2.36. The first kappa shape index (κ1) is 26.6. The maximum atomic E-state index is 12.3. The van der Waals surface area contributed by atoms with E-state index in [-0.39, 0.29) is 35.4 Å². The molecule has 0 saturated carbocycles. The summed E-state index contributed by atoms with van der Waals surface area (Å²) in [6.07, 6.45) is 0. The lowest BCUT2D eigenvalue weighted by atomic mass is 10.2. The summed E-state index contributed by atoms with van der Waals surface area (Å²) in [7, 11) is 3.56. The van der Waals surface area contributed by atoms with Crippen LogP contribution in [0.4, 0.5) is 5.13 Å². The smallest absolute Gasteiger partial charge is 0.240 e. The summed E-state index contributed by atoms with van der Waals surface area (Å²) in [6, 6.07) is 6.78. The highest BCUT2D eigenvalue weighted by Gasteiger charge is 2.13. The van der Waals surface area contributed by atoms with Crippen molar-refractivity contribution in [1.29, 1.82) is 0 Å². The van der Waals surface area contributed by atoms with Crippen molar-refractivity contribution in [3.63, 3.8) is 0 Å². The summed E-state index contributed by atoms with van der Waals surface area (Å²) in [6.45, 7) is 1.52. The highest BCUT2D eigenvalue weighted by atomic mass is 127. The number of hydrogen-bond donors (Lipinski definition) is 3. The molecule has 0 bridgehead atoms. The molecule has 30 heavy (non-hydrogen) atoms. The number of nitrogens with zero attached hydrogens (tertiary/aromatic N) is 3. The third-order valence-electron chi connectivity index (χ3n) is 3.85. The summed E-state index contributed by atoms with van der Waals surface area (Å²) >= 11 is 1.58. The second kappa shape index (κ2) is 13.0. The first-order valence-corrected chi connectivity index (χ1v) is 11.4. The van der Waals surface area contributed by atoms with Crippen molar-refractivity contribution >= 4 is 56.4 Å². The van der Waals surface area contributed by atoms with Crippen LogP contribution in [0.1, 0.15) is 11.3 Å². The first-order valence-electron chi connectivity index (χ1n) is 8.99. The van der Waals surface area contributed by atoms with Crippen molar-refractivity contribution in [2.45, 2.75) is 18.0 Å². The van der Waals surface area contributed by atoms with Gasteiger partial charge in [0.05, 0.1) is 23.7 Å². The Morgan fingerprint density at radius 2 is 2.00 bits per heavy atom. The summed E-state index contributed by atoms with van der Waals surface area (Å²) < 4.78 is 32.0. The van der Waals surface area contributed by atoms with E-state index in [0.29, 0.717) is 25.7 Å². The van der Waals surface area contributed by atoms with Crippen LogP contribution in [0.15, 0.2) is 39.5 Å². The quantitative estimate of drug-likeness (QED) is 0.173. The van der Waals surface area contributed by atoms with Gasteiger partial charge in [-0.3, -0.25) is 4.99 Å². The number of aliphatic imine (C=N–C) groups is 1. The van der Waals surface area contributed by atoms with Gasteiger partial charge in [-0.2, -0.15) is 0 Å². The lowest BCUT2D eigenvalue weighted by molar-refractivity contribution is 0.204. The van der Waals surface area contributed by atoms with Crippen LogP contribution in [0.3, 0.4) is 0 Å². The van der Waals surface area contributed by atoms with Crippen LogP contribution < -0.4 is 20.3 Å². The zero-order chi connectivity index (χ0) is 21.3. The molecule has 12 heteroatoms. The van der Waals surface area contributed by atoms with E-state index < -0.39 is 10.0 Å². The standard InChI is InChI=1S/C18H28N6O3S2.HI/c1-19-17(21-12-15-13-28-18(23-15)24(2)3)20-11-14-6-5-7-16(10-14)29(25,26)22-8-9-27-4;/h5-7,10,13,22H,8-9,11-12H2,1-4H3,(H2,19,20,21);1H. The van der Waals surface area contributed by atoms with Crippen molar-refractivity contribution < 1.29 is 13.2 Å². The Morgan fingerprint density at radius 3 is 2.63 bits per heavy atom. The maximum Gasteiger partial charge on any atom is 0.240 e. The third-order valence-corrected chi connectivity index (χ3v) is 6.37. The SMILES string of the molecule is CN=C(NCc1cccc(S(=O)(=O)NCCOC)c1)NCc1csc(N(C)C)n1.I. The monoisotopic (exact) mass is 568 g/mol. The number of rotatable bonds is 10. The molecule has 2 aromatic rings. The van der Waals surface area contributed by atoms with Gasteiger partial charge in [0, 0.05) is 46.7 Å².